The molecule has 1 aromatic carbocycles. The first-order valence-electron chi connectivity index (χ1n) is 3.63. The van der Waals surface area contributed by atoms with Gasteiger partial charge in [0.2, 0.25) is 0 Å². The van der Waals surface area contributed by atoms with Gasteiger partial charge in [0.05, 0.1) is 6.61 Å². The molecule has 0 saturated heterocycles. The van der Waals surface area contributed by atoms with Crippen molar-refractivity contribution in [2.75, 3.05) is 0 Å². The van der Waals surface area contributed by atoms with Gasteiger partial charge in [-0.25, -0.2) is 8.78 Å². The molecule has 1 rings (SSSR count). The number of rotatable bonds is 2. The van der Waals surface area contributed by atoms with Crippen molar-refractivity contribution >= 4 is 0 Å². The van der Waals surface area contributed by atoms with Crippen molar-refractivity contribution in [2.24, 2.45) is 0 Å². The lowest BCUT2D eigenvalue weighted by atomic mass is 10.1. The average molecular weight is 172 g/mol. The van der Waals surface area contributed by atoms with Crippen LogP contribution >= 0.6 is 0 Å². The summed E-state index contributed by atoms with van der Waals surface area (Å²) >= 11 is 0. The van der Waals surface area contributed by atoms with Gasteiger partial charge in [0.1, 0.15) is 0 Å². The van der Waals surface area contributed by atoms with Gasteiger partial charge in [-0.3, -0.25) is 0 Å². The van der Waals surface area contributed by atoms with Gasteiger partial charge in [-0.05, 0) is 18.6 Å². The van der Waals surface area contributed by atoms with Gasteiger partial charge in [0.15, 0.2) is 0 Å². The predicted molar refractivity (Wildman–Crippen MR) is 42.1 cm³/mol. The fourth-order valence-electron chi connectivity index (χ4n) is 1.11. The summed E-state index contributed by atoms with van der Waals surface area (Å²) in [7, 11) is 0. The Bertz CT molecular complexity index is 271. The monoisotopic (exact) mass is 172 g/mol. The van der Waals surface area contributed by atoms with Crippen LogP contribution in [-0.4, -0.2) is 5.11 Å². The van der Waals surface area contributed by atoms with Crippen molar-refractivity contribution in [2.45, 2.75) is 20.0 Å². The molecule has 0 radical (unpaired) electrons. The summed E-state index contributed by atoms with van der Waals surface area (Å²) in [6.07, 6.45) is -2.46. The highest BCUT2D eigenvalue weighted by atomic mass is 19.3. The molecule has 3 heteroatoms. The highest BCUT2D eigenvalue weighted by Crippen LogP contribution is 2.21. The van der Waals surface area contributed by atoms with Gasteiger partial charge in [-0.1, -0.05) is 17.7 Å². The molecule has 66 valence electrons. The highest BCUT2D eigenvalue weighted by Gasteiger charge is 2.07. The summed E-state index contributed by atoms with van der Waals surface area (Å²) in [4.78, 5) is 0. The van der Waals surface area contributed by atoms with Gasteiger partial charge >= 0.3 is 0 Å². The van der Waals surface area contributed by atoms with Crippen LogP contribution in [-0.2, 0) is 6.61 Å². The van der Waals surface area contributed by atoms with E-state index in [1.54, 1.807) is 13.0 Å². The first kappa shape index (κ1) is 9.13. The van der Waals surface area contributed by atoms with E-state index >= 15 is 0 Å². The number of aliphatic hydroxyl groups excluding tert-OH is 1. The summed E-state index contributed by atoms with van der Waals surface area (Å²) in [5.41, 5.74) is 1.25. The summed E-state index contributed by atoms with van der Waals surface area (Å²) in [5.74, 6) is 0. The Morgan fingerprint density at radius 1 is 1.33 bits per heavy atom. The Hall–Kier alpha value is -0.960. The minimum atomic E-state index is -2.46. The van der Waals surface area contributed by atoms with E-state index in [1.165, 1.54) is 12.1 Å². The molecule has 0 saturated carbocycles. The van der Waals surface area contributed by atoms with Gasteiger partial charge in [0.25, 0.3) is 6.43 Å². The third kappa shape index (κ3) is 2.01. The van der Waals surface area contributed by atoms with Crippen molar-refractivity contribution in [1.82, 2.24) is 0 Å². The number of benzene rings is 1. The average Bonchev–Trinajstić information content (AvgIpc) is 2.03. The van der Waals surface area contributed by atoms with E-state index in [2.05, 4.69) is 0 Å². The first-order valence-corrected chi connectivity index (χ1v) is 3.63. The highest BCUT2D eigenvalue weighted by molar-refractivity contribution is 5.29. The zero-order chi connectivity index (χ0) is 9.14. The van der Waals surface area contributed by atoms with Crippen molar-refractivity contribution in [3.63, 3.8) is 0 Å². The second kappa shape index (κ2) is 3.63. The first-order chi connectivity index (χ1) is 5.63. The summed E-state index contributed by atoms with van der Waals surface area (Å²) in [6.45, 7) is 1.53. The Kier molecular flexibility index (Phi) is 2.76. The summed E-state index contributed by atoms with van der Waals surface area (Å²) in [5, 5.41) is 8.72. The Balaban J connectivity index is 3.06. The number of aryl methyl sites for hydroxylation is 1. The molecule has 1 N–H and O–H groups in total. The van der Waals surface area contributed by atoms with Gasteiger partial charge in [-0.15, -0.1) is 0 Å². The van der Waals surface area contributed by atoms with E-state index in [1.807, 2.05) is 0 Å². The van der Waals surface area contributed by atoms with Crippen LogP contribution in [0.15, 0.2) is 18.2 Å². The Morgan fingerprint density at radius 3 is 2.50 bits per heavy atom. The van der Waals surface area contributed by atoms with E-state index in [-0.39, 0.29) is 12.2 Å². The smallest absolute Gasteiger partial charge is 0.263 e. The molecule has 1 aromatic rings. The standard InChI is InChI=1S/C9H10F2O/c1-6-2-7(5-12)4-8(3-6)9(10)11/h2-4,9,12H,5H2,1H3. The van der Waals surface area contributed by atoms with E-state index in [0.29, 0.717) is 5.56 Å². The fraction of sp³-hybridized carbons (Fsp3) is 0.333. The van der Waals surface area contributed by atoms with Crippen molar-refractivity contribution < 1.29 is 13.9 Å². The predicted octanol–water partition coefficient (Wildman–Crippen LogP) is 2.42. The largest absolute Gasteiger partial charge is 0.392 e. The maximum absolute atomic E-state index is 12.2. The molecule has 0 amide bonds. The minimum Gasteiger partial charge on any atom is -0.392 e. The lowest BCUT2D eigenvalue weighted by Crippen LogP contribution is -1.90. The molecule has 0 aliphatic heterocycles. The SMILES string of the molecule is Cc1cc(CO)cc(C(F)F)c1. The molecular weight excluding hydrogens is 162 g/mol. The summed E-state index contributed by atoms with van der Waals surface area (Å²) < 4.78 is 24.4. The van der Waals surface area contributed by atoms with Gasteiger partial charge in [-0.2, -0.15) is 0 Å². The quantitative estimate of drug-likeness (QED) is 0.726. The van der Waals surface area contributed by atoms with Gasteiger partial charge in [0, 0.05) is 5.56 Å². The van der Waals surface area contributed by atoms with Crippen molar-refractivity contribution in [3.05, 3.63) is 34.9 Å². The van der Waals surface area contributed by atoms with Crippen LogP contribution in [0.4, 0.5) is 8.78 Å². The molecule has 1 nitrogen and oxygen atoms in total. The van der Waals surface area contributed by atoms with Crippen LogP contribution in [0.1, 0.15) is 23.1 Å². The zero-order valence-electron chi connectivity index (χ0n) is 6.72. The Morgan fingerprint density at radius 2 is 2.00 bits per heavy atom. The molecular formula is C9H10F2O. The molecule has 0 aliphatic rings. The maximum Gasteiger partial charge on any atom is 0.263 e. The summed E-state index contributed by atoms with van der Waals surface area (Å²) in [6, 6.07) is 4.42. The molecule has 0 fully saturated rings. The number of halogens is 2. The van der Waals surface area contributed by atoms with Gasteiger partial charge < -0.3 is 5.11 Å². The van der Waals surface area contributed by atoms with Crippen LogP contribution in [0.3, 0.4) is 0 Å². The molecule has 12 heavy (non-hydrogen) atoms. The lowest BCUT2D eigenvalue weighted by Gasteiger charge is -2.04. The molecule has 0 aromatic heterocycles. The van der Waals surface area contributed by atoms with Crippen LogP contribution in [0, 0.1) is 6.92 Å². The van der Waals surface area contributed by atoms with Crippen LogP contribution in [0.25, 0.3) is 0 Å². The molecule has 0 heterocycles. The molecule has 0 bridgehead atoms. The minimum absolute atomic E-state index is 0.0287. The molecule has 0 aliphatic carbocycles. The normalized spacial score (nSPS) is 10.8. The maximum atomic E-state index is 12.2. The van der Waals surface area contributed by atoms with Crippen LogP contribution in [0.2, 0.25) is 0 Å². The molecule has 0 unspecified atom stereocenters. The molecule has 0 atom stereocenters. The second-order valence-electron chi connectivity index (χ2n) is 2.71. The molecule has 0 spiro atoms. The van der Waals surface area contributed by atoms with E-state index in [0.717, 1.165) is 5.56 Å². The number of hydrogen-bond acceptors (Lipinski definition) is 1. The van der Waals surface area contributed by atoms with Crippen LogP contribution in [0.5, 0.6) is 0 Å². The number of alkyl halides is 2. The lowest BCUT2D eigenvalue weighted by molar-refractivity contribution is 0.151. The Labute approximate surface area is 69.7 Å². The number of aliphatic hydroxyl groups is 1. The van der Waals surface area contributed by atoms with Crippen molar-refractivity contribution in [1.29, 1.82) is 0 Å². The van der Waals surface area contributed by atoms with E-state index in [4.69, 9.17) is 5.11 Å². The van der Waals surface area contributed by atoms with E-state index in [9.17, 15) is 8.78 Å². The van der Waals surface area contributed by atoms with Crippen LogP contribution < -0.4 is 0 Å². The topological polar surface area (TPSA) is 20.2 Å². The fourth-order valence-corrected chi connectivity index (χ4v) is 1.11. The second-order valence-corrected chi connectivity index (χ2v) is 2.71. The van der Waals surface area contributed by atoms with E-state index < -0.39 is 6.43 Å². The third-order valence-electron chi connectivity index (χ3n) is 1.59. The third-order valence-corrected chi connectivity index (χ3v) is 1.59. The number of hydrogen-bond donors (Lipinski definition) is 1. The van der Waals surface area contributed by atoms with Crippen molar-refractivity contribution in [3.8, 4) is 0 Å². The zero-order valence-corrected chi connectivity index (χ0v) is 6.72.